The smallest absolute Gasteiger partial charge is 0.181 e. The van der Waals surface area contributed by atoms with E-state index in [2.05, 4.69) is 10.3 Å². The monoisotopic (exact) mass is 300 g/mol. The van der Waals surface area contributed by atoms with Gasteiger partial charge in [-0.1, -0.05) is 29.3 Å². The van der Waals surface area contributed by atoms with Gasteiger partial charge in [-0.15, -0.1) is 0 Å². The maximum Gasteiger partial charge on any atom is 0.181 e. The number of methoxy groups -OCH3 is 1. The van der Waals surface area contributed by atoms with Gasteiger partial charge in [-0.25, -0.2) is 4.98 Å². The van der Waals surface area contributed by atoms with Crippen molar-refractivity contribution in [1.29, 1.82) is 0 Å². The van der Waals surface area contributed by atoms with Crippen molar-refractivity contribution in [3.63, 3.8) is 0 Å². The van der Waals surface area contributed by atoms with Crippen molar-refractivity contribution in [2.24, 2.45) is 0 Å². The molecule has 4 nitrogen and oxygen atoms in total. The average molecular weight is 301 g/mol. The highest BCUT2D eigenvalue weighted by Crippen LogP contribution is 2.36. The number of oxazole rings is 1. The number of nitrogens with zero attached hydrogens (tertiary/aromatic N) is 1. The Bertz CT molecular complexity index is 523. The van der Waals surface area contributed by atoms with E-state index in [9.17, 15) is 0 Å². The quantitative estimate of drug-likeness (QED) is 0.831. The van der Waals surface area contributed by atoms with Crippen LogP contribution in [0.4, 0.5) is 0 Å². The minimum Gasteiger partial charge on any atom is -0.443 e. The molecule has 0 aliphatic heterocycles. The van der Waals surface area contributed by atoms with E-state index in [4.69, 9.17) is 32.4 Å². The van der Waals surface area contributed by atoms with Crippen LogP contribution in [0.2, 0.25) is 10.0 Å². The third-order valence-corrected chi connectivity index (χ3v) is 3.24. The predicted octanol–water partition coefficient (Wildman–Crippen LogP) is 3.38. The van der Waals surface area contributed by atoms with Crippen LogP contribution in [0.3, 0.4) is 0 Å². The van der Waals surface area contributed by atoms with E-state index < -0.39 is 0 Å². The van der Waals surface area contributed by atoms with Crippen molar-refractivity contribution in [3.05, 3.63) is 40.3 Å². The molecule has 0 fully saturated rings. The first-order valence-electron chi connectivity index (χ1n) is 5.80. The molecule has 2 rings (SSSR count). The van der Waals surface area contributed by atoms with Crippen LogP contribution in [0.1, 0.15) is 5.69 Å². The molecule has 0 unspecified atom stereocenters. The number of benzene rings is 1. The second kappa shape index (κ2) is 6.91. The molecule has 1 aromatic heterocycles. The topological polar surface area (TPSA) is 47.3 Å². The van der Waals surface area contributed by atoms with Crippen molar-refractivity contribution in [3.8, 4) is 11.3 Å². The summed E-state index contributed by atoms with van der Waals surface area (Å²) in [6, 6.07) is 5.34. The van der Waals surface area contributed by atoms with Gasteiger partial charge in [0.25, 0.3) is 0 Å². The van der Waals surface area contributed by atoms with Crippen LogP contribution in [0, 0.1) is 0 Å². The lowest BCUT2D eigenvalue weighted by molar-refractivity contribution is 0.199. The van der Waals surface area contributed by atoms with Crippen molar-refractivity contribution >= 4 is 23.2 Å². The number of hydrogen-bond donors (Lipinski definition) is 1. The maximum atomic E-state index is 6.16. The molecule has 102 valence electrons. The Hall–Kier alpha value is -1.07. The Labute approximate surface area is 121 Å². The second-order valence-electron chi connectivity index (χ2n) is 3.89. The van der Waals surface area contributed by atoms with E-state index in [-0.39, 0.29) is 0 Å². The molecule has 6 heteroatoms. The van der Waals surface area contributed by atoms with Gasteiger partial charge in [0.15, 0.2) is 12.2 Å². The summed E-state index contributed by atoms with van der Waals surface area (Å²) in [5.74, 6) is 0.598. The van der Waals surface area contributed by atoms with E-state index in [0.29, 0.717) is 34.5 Å². The average Bonchev–Trinajstić information content (AvgIpc) is 2.83. The first-order valence-corrected chi connectivity index (χ1v) is 6.56. The van der Waals surface area contributed by atoms with Crippen LogP contribution in [-0.2, 0) is 11.3 Å². The van der Waals surface area contributed by atoms with Gasteiger partial charge in [0.05, 0.1) is 22.2 Å². The molecule has 0 aliphatic carbocycles. The molecule has 0 saturated heterocycles. The van der Waals surface area contributed by atoms with Crippen LogP contribution in [-0.4, -0.2) is 25.2 Å². The van der Waals surface area contributed by atoms with Crippen molar-refractivity contribution in [1.82, 2.24) is 10.3 Å². The lowest BCUT2D eigenvalue weighted by atomic mass is 10.1. The molecule has 1 N–H and O–H groups in total. The van der Waals surface area contributed by atoms with Crippen LogP contribution in [0.15, 0.2) is 29.0 Å². The molecule has 0 spiro atoms. The molecule has 1 aromatic carbocycles. The zero-order valence-corrected chi connectivity index (χ0v) is 12.0. The molecule has 19 heavy (non-hydrogen) atoms. The Morgan fingerprint density at radius 2 is 2.05 bits per heavy atom. The molecule has 0 atom stereocenters. The number of rotatable bonds is 6. The minimum atomic E-state index is 0.544. The molecule has 2 aromatic rings. The fourth-order valence-corrected chi connectivity index (χ4v) is 2.26. The van der Waals surface area contributed by atoms with Gasteiger partial charge in [0.1, 0.15) is 5.69 Å². The van der Waals surface area contributed by atoms with Gasteiger partial charge in [-0.2, -0.15) is 0 Å². The number of halogens is 2. The lowest BCUT2D eigenvalue weighted by Crippen LogP contribution is -2.19. The zero-order valence-electron chi connectivity index (χ0n) is 10.5. The maximum absolute atomic E-state index is 6.16. The molecule has 0 saturated carbocycles. The summed E-state index contributed by atoms with van der Waals surface area (Å²) in [5, 5.41) is 4.29. The molecular formula is C13H14Cl2N2O2. The summed E-state index contributed by atoms with van der Waals surface area (Å²) < 4.78 is 10.4. The lowest BCUT2D eigenvalue weighted by Gasteiger charge is -2.06. The fourth-order valence-electron chi connectivity index (χ4n) is 1.69. The summed E-state index contributed by atoms with van der Waals surface area (Å²) in [7, 11) is 1.66. The summed E-state index contributed by atoms with van der Waals surface area (Å²) in [5.41, 5.74) is 1.44. The van der Waals surface area contributed by atoms with Gasteiger partial charge in [-0.05, 0) is 12.1 Å². The summed E-state index contributed by atoms with van der Waals surface area (Å²) >= 11 is 12.3. The highest BCUT2D eigenvalue weighted by Gasteiger charge is 2.16. The van der Waals surface area contributed by atoms with Gasteiger partial charge < -0.3 is 14.5 Å². The molecule has 1 heterocycles. The summed E-state index contributed by atoms with van der Waals surface area (Å²) in [4.78, 5) is 4.19. The van der Waals surface area contributed by atoms with Crippen LogP contribution in [0.5, 0.6) is 0 Å². The molecular weight excluding hydrogens is 287 g/mol. The van der Waals surface area contributed by atoms with E-state index in [0.717, 1.165) is 12.2 Å². The number of nitrogens with one attached hydrogen (secondary N) is 1. The largest absolute Gasteiger partial charge is 0.443 e. The first kappa shape index (κ1) is 14.3. The Morgan fingerprint density at radius 1 is 1.32 bits per heavy atom. The van der Waals surface area contributed by atoms with Gasteiger partial charge in [0.2, 0.25) is 0 Å². The molecule has 0 amide bonds. The van der Waals surface area contributed by atoms with E-state index in [1.54, 1.807) is 25.3 Å². The van der Waals surface area contributed by atoms with E-state index in [1.807, 2.05) is 0 Å². The standard InChI is InChI=1S/C13H14Cl2N2O2/c1-18-6-5-16-7-11-13(19-8-17-11)12-9(14)3-2-4-10(12)15/h2-4,8,16H,5-7H2,1H3. The Balaban J connectivity index is 2.19. The summed E-state index contributed by atoms with van der Waals surface area (Å²) in [6.07, 6.45) is 1.39. The Kier molecular flexibility index (Phi) is 5.22. The van der Waals surface area contributed by atoms with Crippen LogP contribution in [0.25, 0.3) is 11.3 Å². The van der Waals surface area contributed by atoms with Gasteiger partial charge >= 0.3 is 0 Å². The minimum absolute atomic E-state index is 0.544. The van der Waals surface area contributed by atoms with Gasteiger partial charge in [-0.3, -0.25) is 0 Å². The highest BCUT2D eigenvalue weighted by atomic mass is 35.5. The fraction of sp³-hybridized carbons (Fsp3) is 0.308. The Morgan fingerprint density at radius 3 is 2.74 bits per heavy atom. The number of hydrogen-bond acceptors (Lipinski definition) is 4. The van der Waals surface area contributed by atoms with Crippen LogP contribution >= 0.6 is 23.2 Å². The molecule has 0 radical (unpaired) electrons. The predicted molar refractivity (Wildman–Crippen MR) is 75.5 cm³/mol. The zero-order chi connectivity index (χ0) is 13.7. The van der Waals surface area contributed by atoms with Crippen LogP contribution < -0.4 is 5.32 Å². The van der Waals surface area contributed by atoms with Crippen molar-refractivity contribution in [2.75, 3.05) is 20.3 Å². The SMILES string of the molecule is COCCNCc1ncoc1-c1c(Cl)cccc1Cl. The highest BCUT2D eigenvalue weighted by molar-refractivity contribution is 6.39. The number of aromatic nitrogens is 1. The van der Waals surface area contributed by atoms with Gasteiger partial charge in [0, 0.05) is 20.2 Å². The summed E-state index contributed by atoms with van der Waals surface area (Å²) in [6.45, 7) is 1.94. The number of ether oxygens (including phenoxy) is 1. The molecule has 0 aliphatic rings. The second-order valence-corrected chi connectivity index (χ2v) is 4.71. The first-order chi connectivity index (χ1) is 9.24. The van der Waals surface area contributed by atoms with Crippen molar-refractivity contribution in [2.45, 2.75) is 6.54 Å². The molecule has 0 bridgehead atoms. The normalized spacial score (nSPS) is 10.9. The van der Waals surface area contributed by atoms with E-state index in [1.165, 1.54) is 6.39 Å². The van der Waals surface area contributed by atoms with Crippen molar-refractivity contribution < 1.29 is 9.15 Å². The third-order valence-electron chi connectivity index (χ3n) is 2.61. The van der Waals surface area contributed by atoms with E-state index >= 15 is 0 Å². The third kappa shape index (κ3) is 3.48.